The minimum Gasteiger partial charge on any atom is -0.378 e. The first-order valence-corrected chi connectivity index (χ1v) is 9.01. The smallest absolute Gasteiger partial charge is 0.246 e. The standard InChI is InChI=1S/C20H22F3N3O2/c1-12-11-14(26-7-9-28-10-8-26)3-5-16(12)24-13(2)20(27)25-17-6-4-15(21)18(22)19(17)23/h3-6,11,13,24H,7-10H2,1-2H3,(H,25,27). The first-order chi connectivity index (χ1) is 13.4. The van der Waals surface area contributed by atoms with Crippen molar-refractivity contribution in [3.8, 4) is 0 Å². The summed E-state index contributed by atoms with van der Waals surface area (Å²) in [5.41, 5.74) is 2.37. The molecule has 0 spiro atoms. The average molecular weight is 393 g/mol. The molecule has 2 aromatic rings. The molecule has 1 saturated heterocycles. The maximum atomic E-state index is 13.7. The van der Waals surface area contributed by atoms with Crippen molar-refractivity contribution in [2.24, 2.45) is 0 Å². The molecule has 5 nitrogen and oxygen atoms in total. The maximum absolute atomic E-state index is 13.7. The summed E-state index contributed by atoms with van der Waals surface area (Å²) in [5, 5.41) is 5.34. The van der Waals surface area contributed by atoms with Crippen LogP contribution >= 0.6 is 0 Å². The topological polar surface area (TPSA) is 53.6 Å². The highest BCUT2D eigenvalue weighted by molar-refractivity contribution is 5.96. The molecule has 0 aliphatic carbocycles. The zero-order chi connectivity index (χ0) is 20.3. The Labute approximate surface area is 161 Å². The molecule has 3 rings (SSSR count). The predicted octanol–water partition coefficient (Wildman–Crippen LogP) is 3.69. The van der Waals surface area contributed by atoms with Crippen molar-refractivity contribution in [3.63, 3.8) is 0 Å². The van der Waals surface area contributed by atoms with Gasteiger partial charge in [0.15, 0.2) is 17.5 Å². The van der Waals surface area contributed by atoms with E-state index in [2.05, 4.69) is 15.5 Å². The van der Waals surface area contributed by atoms with E-state index in [1.54, 1.807) is 6.92 Å². The van der Waals surface area contributed by atoms with E-state index in [-0.39, 0.29) is 0 Å². The highest BCUT2D eigenvalue weighted by Gasteiger charge is 2.19. The Balaban J connectivity index is 1.66. The number of morpholine rings is 1. The highest BCUT2D eigenvalue weighted by Crippen LogP contribution is 2.25. The van der Waals surface area contributed by atoms with Crippen molar-refractivity contribution in [2.45, 2.75) is 19.9 Å². The number of anilines is 3. The number of carbonyl (C=O) groups is 1. The van der Waals surface area contributed by atoms with Crippen molar-refractivity contribution in [2.75, 3.05) is 41.8 Å². The number of hydrogen-bond acceptors (Lipinski definition) is 4. The summed E-state index contributed by atoms with van der Waals surface area (Å²) in [7, 11) is 0. The maximum Gasteiger partial charge on any atom is 0.246 e. The van der Waals surface area contributed by atoms with E-state index in [0.717, 1.165) is 42.2 Å². The van der Waals surface area contributed by atoms with Gasteiger partial charge in [0.25, 0.3) is 0 Å². The summed E-state index contributed by atoms with van der Waals surface area (Å²) in [5.74, 6) is -4.92. The summed E-state index contributed by atoms with van der Waals surface area (Å²) >= 11 is 0. The van der Waals surface area contributed by atoms with Crippen LogP contribution < -0.4 is 15.5 Å². The molecular weight excluding hydrogens is 371 g/mol. The summed E-state index contributed by atoms with van der Waals surface area (Å²) in [6, 6.07) is 6.89. The molecule has 0 aromatic heterocycles. The van der Waals surface area contributed by atoms with E-state index in [0.29, 0.717) is 13.2 Å². The van der Waals surface area contributed by atoms with Gasteiger partial charge in [-0.1, -0.05) is 0 Å². The van der Waals surface area contributed by atoms with Crippen LogP contribution in [-0.2, 0) is 9.53 Å². The van der Waals surface area contributed by atoms with Crippen LogP contribution in [0.1, 0.15) is 12.5 Å². The van der Waals surface area contributed by atoms with Gasteiger partial charge in [0.1, 0.15) is 6.04 Å². The van der Waals surface area contributed by atoms with Crippen molar-refractivity contribution < 1.29 is 22.7 Å². The molecule has 2 N–H and O–H groups in total. The van der Waals surface area contributed by atoms with Gasteiger partial charge in [0, 0.05) is 24.5 Å². The molecule has 1 amide bonds. The SMILES string of the molecule is Cc1cc(N2CCOCC2)ccc1NC(C)C(=O)Nc1ccc(F)c(F)c1F. The van der Waals surface area contributed by atoms with Crippen LogP contribution in [0, 0.1) is 24.4 Å². The van der Waals surface area contributed by atoms with E-state index >= 15 is 0 Å². The fraction of sp³-hybridized carbons (Fsp3) is 0.350. The molecule has 8 heteroatoms. The van der Waals surface area contributed by atoms with Gasteiger partial charge in [-0.25, -0.2) is 13.2 Å². The number of carbonyl (C=O) groups excluding carboxylic acids is 1. The largest absolute Gasteiger partial charge is 0.378 e. The minimum atomic E-state index is -1.62. The van der Waals surface area contributed by atoms with Gasteiger partial charge in [-0.3, -0.25) is 4.79 Å². The summed E-state index contributed by atoms with van der Waals surface area (Å²) in [6.07, 6.45) is 0. The van der Waals surface area contributed by atoms with Gasteiger partial charge < -0.3 is 20.3 Å². The molecule has 1 heterocycles. The number of rotatable bonds is 5. The van der Waals surface area contributed by atoms with Crippen LogP contribution in [0.5, 0.6) is 0 Å². The van der Waals surface area contributed by atoms with Crippen molar-refractivity contribution >= 4 is 23.0 Å². The second-order valence-corrected chi connectivity index (χ2v) is 6.68. The molecule has 1 aliphatic rings. The molecule has 1 atom stereocenters. The normalized spacial score (nSPS) is 15.2. The Morgan fingerprint density at radius 2 is 1.75 bits per heavy atom. The van der Waals surface area contributed by atoms with Gasteiger partial charge >= 0.3 is 0 Å². The van der Waals surface area contributed by atoms with E-state index in [1.165, 1.54) is 0 Å². The Morgan fingerprint density at radius 1 is 1.07 bits per heavy atom. The molecule has 0 radical (unpaired) electrons. The Morgan fingerprint density at radius 3 is 2.43 bits per heavy atom. The lowest BCUT2D eigenvalue weighted by Gasteiger charge is -2.29. The summed E-state index contributed by atoms with van der Waals surface area (Å²) in [4.78, 5) is 14.5. The van der Waals surface area contributed by atoms with Crippen LogP contribution in [0.4, 0.5) is 30.2 Å². The van der Waals surface area contributed by atoms with Gasteiger partial charge in [0.2, 0.25) is 5.91 Å². The fourth-order valence-corrected chi connectivity index (χ4v) is 2.99. The van der Waals surface area contributed by atoms with Crippen LogP contribution in [0.2, 0.25) is 0 Å². The zero-order valence-corrected chi connectivity index (χ0v) is 15.7. The van der Waals surface area contributed by atoms with Crippen LogP contribution in [-0.4, -0.2) is 38.3 Å². The van der Waals surface area contributed by atoms with Crippen molar-refractivity contribution in [1.82, 2.24) is 0 Å². The molecular formula is C20H22F3N3O2. The molecule has 1 fully saturated rings. The molecule has 2 aromatic carbocycles. The number of nitrogens with one attached hydrogen (secondary N) is 2. The molecule has 1 aliphatic heterocycles. The zero-order valence-electron chi connectivity index (χ0n) is 15.7. The van der Waals surface area contributed by atoms with E-state index in [1.807, 2.05) is 25.1 Å². The summed E-state index contributed by atoms with van der Waals surface area (Å²) < 4.78 is 45.4. The number of nitrogens with zero attached hydrogens (tertiary/aromatic N) is 1. The lowest BCUT2D eigenvalue weighted by molar-refractivity contribution is -0.116. The lowest BCUT2D eigenvalue weighted by Crippen LogP contribution is -2.36. The summed E-state index contributed by atoms with van der Waals surface area (Å²) in [6.45, 7) is 6.55. The van der Waals surface area contributed by atoms with Crippen LogP contribution in [0.15, 0.2) is 30.3 Å². The molecule has 1 unspecified atom stereocenters. The highest BCUT2D eigenvalue weighted by atomic mass is 19.2. The number of hydrogen-bond donors (Lipinski definition) is 2. The predicted molar refractivity (Wildman–Crippen MR) is 102 cm³/mol. The number of ether oxygens (including phenoxy) is 1. The van der Waals surface area contributed by atoms with Gasteiger partial charge in [-0.2, -0.15) is 0 Å². The Kier molecular flexibility index (Phi) is 6.08. The third kappa shape index (κ3) is 4.39. The second-order valence-electron chi connectivity index (χ2n) is 6.68. The number of aryl methyl sites for hydroxylation is 1. The third-order valence-corrected chi connectivity index (χ3v) is 4.64. The van der Waals surface area contributed by atoms with Crippen LogP contribution in [0.25, 0.3) is 0 Å². The fourth-order valence-electron chi connectivity index (χ4n) is 2.99. The Bertz CT molecular complexity index is 870. The molecule has 0 bridgehead atoms. The number of halogens is 3. The number of amides is 1. The lowest BCUT2D eigenvalue weighted by atomic mass is 10.1. The Hall–Kier alpha value is -2.74. The van der Waals surface area contributed by atoms with E-state index in [4.69, 9.17) is 4.74 Å². The van der Waals surface area contributed by atoms with E-state index in [9.17, 15) is 18.0 Å². The molecule has 150 valence electrons. The quantitative estimate of drug-likeness (QED) is 0.761. The van der Waals surface area contributed by atoms with E-state index < -0.39 is 35.1 Å². The number of benzene rings is 2. The first-order valence-electron chi connectivity index (χ1n) is 9.01. The van der Waals surface area contributed by atoms with Crippen LogP contribution in [0.3, 0.4) is 0 Å². The average Bonchev–Trinajstić information content (AvgIpc) is 2.70. The second kappa shape index (κ2) is 8.52. The monoisotopic (exact) mass is 393 g/mol. The van der Waals surface area contributed by atoms with Gasteiger partial charge in [0.05, 0.1) is 18.9 Å². The minimum absolute atomic E-state index is 0.406. The van der Waals surface area contributed by atoms with Gasteiger partial charge in [-0.05, 0) is 49.7 Å². The van der Waals surface area contributed by atoms with Crippen molar-refractivity contribution in [1.29, 1.82) is 0 Å². The first kappa shape index (κ1) is 20.0. The third-order valence-electron chi connectivity index (χ3n) is 4.64. The van der Waals surface area contributed by atoms with Gasteiger partial charge in [-0.15, -0.1) is 0 Å². The van der Waals surface area contributed by atoms with Crippen molar-refractivity contribution in [3.05, 3.63) is 53.3 Å². The molecule has 0 saturated carbocycles. The molecule has 28 heavy (non-hydrogen) atoms.